The molecule has 5 atom stereocenters. The molecule has 1 unspecified atom stereocenters. The van der Waals surface area contributed by atoms with Crippen molar-refractivity contribution in [1.82, 2.24) is 4.90 Å². The van der Waals surface area contributed by atoms with Gasteiger partial charge in [-0.3, -0.25) is 4.79 Å². The monoisotopic (exact) mass is 502 g/mol. The third kappa shape index (κ3) is 5.94. The molecule has 3 fully saturated rings. The highest BCUT2D eigenvalue weighted by atomic mass is 32.2. The maximum absolute atomic E-state index is 14.0. The molecule has 3 saturated heterocycles. The van der Waals surface area contributed by atoms with Crippen LogP contribution in [-0.4, -0.2) is 61.6 Å². The van der Waals surface area contributed by atoms with Crippen LogP contribution in [0.4, 0.5) is 13.2 Å². The Labute approximate surface area is 198 Å². The first-order valence-corrected chi connectivity index (χ1v) is 14.0. The first-order valence-electron chi connectivity index (χ1n) is 12.1. The summed E-state index contributed by atoms with van der Waals surface area (Å²) in [5.41, 5.74) is 6.38. The number of carbonyl (C=O) groups is 1. The van der Waals surface area contributed by atoms with Crippen LogP contribution in [0.3, 0.4) is 0 Å². The van der Waals surface area contributed by atoms with Crippen molar-refractivity contribution in [3.05, 3.63) is 35.1 Å². The van der Waals surface area contributed by atoms with Crippen LogP contribution in [0.5, 0.6) is 0 Å². The number of piperidine rings is 1. The van der Waals surface area contributed by atoms with Gasteiger partial charge < -0.3 is 15.4 Å². The molecule has 0 aromatic heterocycles. The van der Waals surface area contributed by atoms with E-state index in [1.807, 2.05) is 4.90 Å². The predicted octanol–water partition coefficient (Wildman–Crippen LogP) is 3.12. The van der Waals surface area contributed by atoms with Crippen LogP contribution < -0.4 is 5.73 Å². The lowest BCUT2D eigenvalue weighted by molar-refractivity contribution is -0.136. The van der Waals surface area contributed by atoms with E-state index in [4.69, 9.17) is 10.5 Å². The van der Waals surface area contributed by atoms with Crippen molar-refractivity contribution in [3.8, 4) is 0 Å². The molecule has 0 saturated carbocycles. The van der Waals surface area contributed by atoms with E-state index in [1.54, 1.807) is 0 Å². The highest BCUT2D eigenvalue weighted by Gasteiger charge is 2.44. The zero-order chi connectivity index (χ0) is 24.5. The number of carbonyl (C=O) groups excluding carboxylic acids is 1. The van der Waals surface area contributed by atoms with Gasteiger partial charge in [0.1, 0.15) is 5.82 Å². The molecular formula is C24H33F3N2O4S. The molecule has 6 nitrogen and oxygen atoms in total. The van der Waals surface area contributed by atoms with Crippen LogP contribution in [0.15, 0.2) is 12.1 Å². The molecule has 1 aromatic rings. The standard InChI is InChI=1S/C24H33F3N2O4S/c25-20-13-22(27)21(26)11-15(20)12-23(28)16-9-17-4-5-18(10-16)29(17)24(30)6-8-34(31,32)14-19-3-1-2-7-33-19/h11,13,16-19,23H,1-10,12,14,28H2/t16-,17-,18+,19?,23-/m1/s1. The normalized spacial score (nSPS) is 28.2. The highest BCUT2D eigenvalue weighted by molar-refractivity contribution is 7.91. The first kappa shape index (κ1) is 25.4. The van der Waals surface area contributed by atoms with Crippen LogP contribution in [0.1, 0.15) is 56.9 Å². The van der Waals surface area contributed by atoms with Crippen molar-refractivity contribution < 1.29 is 31.1 Å². The molecule has 2 N–H and O–H groups in total. The summed E-state index contributed by atoms with van der Waals surface area (Å²) < 4.78 is 71.3. The summed E-state index contributed by atoms with van der Waals surface area (Å²) in [6.07, 6.45) is 5.33. The lowest BCUT2D eigenvalue weighted by Gasteiger charge is -2.41. The van der Waals surface area contributed by atoms with Crippen LogP contribution in [0.25, 0.3) is 0 Å². The van der Waals surface area contributed by atoms with Gasteiger partial charge in [0.2, 0.25) is 5.91 Å². The Bertz CT molecular complexity index is 986. The van der Waals surface area contributed by atoms with Gasteiger partial charge in [0.25, 0.3) is 0 Å². The second-order valence-corrected chi connectivity index (χ2v) is 12.2. The predicted molar refractivity (Wildman–Crippen MR) is 121 cm³/mol. The number of fused-ring (bicyclic) bond motifs is 2. The molecule has 3 aliphatic heterocycles. The van der Waals surface area contributed by atoms with Crippen LogP contribution in [0, 0.1) is 23.4 Å². The lowest BCUT2D eigenvalue weighted by Crippen LogP contribution is -2.50. The van der Waals surface area contributed by atoms with Crippen LogP contribution in [-0.2, 0) is 25.8 Å². The maximum atomic E-state index is 14.0. The van der Waals surface area contributed by atoms with Gasteiger partial charge >= 0.3 is 0 Å². The molecule has 4 rings (SSSR count). The largest absolute Gasteiger partial charge is 0.377 e. The number of nitrogens with two attached hydrogens (primary N) is 1. The molecule has 10 heteroatoms. The molecule has 1 aromatic carbocycles. The number of benzene rings is 1. The first-order chi connectivity index (χ1) is 16.1. The maximum Gasteiger partial charge on any atom is 0.224 e. The highest BCUT2D eigenvalue weighted by Crippen LogP contribution is 2.40. The van der Waals surface area contributed by atoms with Gasteiger partial charge in [0, 0.05) is 37.2 Å². The quantitative estimate of drug-likeness (QED) is 0.552. The summed E-state index contributed by atoms with van der Waals surface area (Å²) in [7, 11) is -3.38. The number of nitrogens with zero attached hydrogens (tertiary/aromatic N) is 1. The smallest absolute Gasteiger partial charge is 0.224 e. The van der Waals surface area contributed by atoms with E-state index in [-0.39, 0.29) is 59.9 Å². The number of amides is 1. The summed E-state index contributed by atoms with van der Waals surface area (Å²) >= 11 is 0. The third-order valence-corrected chi connectivity index (χ3v) is 9.25. The Hall–Kier alpha value is -1.65. The Morgan fingerprint density at radius 1 is 1.06 bits per heavy atom. The van der Waals surface area contributed by atoms with E-state index in [9.17, 15) is 26.4 Å². The van der Waals surface area contributed by atoms with Crippen molar-refractivity contribution >= 4 is 15.7 Å². The fourth-order valence-electron chi connectivity index (χ4n) is 5.79. The fourth-order valence-corrected chi connectivity index (χ4v) is 7.28. The molecular weight excluding hydrogens is 469 g/mol. The zero-order valence-corrected chi connectivity index (χ0v) is 20.0. The number of rotatable bonds is 8. The van der Waals surface area contributed by atoms with E-state index >= 15 is 0 Å². The van der Waals surface area contributed by atoms with Crippen molar-refractivity contribution in [2.45, 2.75) is 82.0 Å². The molecule has 3 heterocycles. The number of sulfone groups is 1. The van der Waals surface area contributed by atoms with Gasteiger partial charge in [0.05, 0.1) is 17.6 Å². The van der Waals surface area contributed by atoms with Gasteiger partial charge in [-0.15, -0.1) is 0 Å². The zero-order valence-electron chi connectivity index (χ0n) is 19.2. The molecule has 0 aliphatic carbocycles. The van der Waals surface area contributed by atoms with E-state index in [0.29, 0.717) is 25.5 Å². The molecule has 3 aliphatic rings. The summed E-state index contributed by atoms with van der Waals surface area (Å²) in [5, 5.41) is 0. The third-order valence-electron chi connectivity index (χ3n) is 7.55. The molecule has 0 radical (unpaired) electrons. The number of hydrogen-bond acceptors (Lipinski definition) is 5. The Morgan fingerprint density at radius 3 is 2.38 bits per heavy atom. The number of halogens is 3. The van der Waals surface area contributed by atoms with Crippen molar-refractivity contribution in [3.63, 3.8) is 0 Å². The second kappa shape index (κ2) is 10.5. The summed E-state index contributed by atoms with van der Waals surface area (Å²) in [6, 6.07) is 0.895. The summed E-state index contributed by atoms with van der Waals surface area (Å²) in [4.78, 5) is 14.8. The van der Waals surface area contributed by atoms with Gasteiger partial charge in [-0.05, 0) is 68.9 Å². The fraction of sp³-hybridized carbons (Fsp3) is 0.708. The number of ether oxygens (including phenoxy) is 1. The Balaban J connectivity index is 1.31. The SMILES string of the molecule is N[C@H](Cc1cc(F)c(F)cc1F)[C@@H]1C[C@H]2CC[C@@H](C1)N2C(=O)CCS(=O)(=O)CC1CCCCO1. The van der Waals surface area contributed by atoms with E-state index in [0.717, 1.165) is 38.2 Å². The molecule has 34 heavy (non-hydrogen) atoms. The molecule has 2 bridgehead atoms. The Kier molecular flexibility index (Phi) is 7.89. The van der Waals surface area contributed by atoms with Crippen LogP contribution in [0.2, 0.25) is 0 Å². The molecule has 0 spiro atoms. The summed E-state index contributed by atoms with van der Waals surface area (Å²) in [5.74, 6) is -3.50. The van der Waals surface area contributed by atoms with Gasteiger partial charge in [-0.2, -0.15) is 0 Å². The van der Waals surface area contributed by atoms with E-state index < -0.39 is 33.3 Å². The van der Waals surface area contributed by atoms with Gasteiger partial charge in [0.15, 0.2) is 21.5 Å². The van der Waals surface area contributed by atoms with E-state index in [1.165, 1.54) is 0 Å². The minimum Gasteiger partial charge on any atom is -0.377 e. The van der Waals surface area contributed by atoms with Crippen molar-refractivity contribution in [1.29, 1.82) is 0 Å². The van der Waals surface area contributed by atoms with Crippen molar-refractivity contribution in [2.75, 3.05) is 18.1 Å². The second-order valence-electron chi connectivity index (χ2n) is 10.00. The molecule has 190 valence electrons. The topological polar surface area (TPSA) is 89.7 Å². The number of hydrogen-bond donors (Lipinski definition) is 1. The summed E-state index contributed by atoms with van der Waals surface area (Å²) in [6.45, 7) is 0.586. The molecule has 1 amide bonds. The van der Waals surface area contributed by atoms with Gasteiger partial charge in [-0.1, -0.05) is 0 Å². The lowest BCUT2D eigenvalue weighted by atomic mass is 9.82. The van der Waals surface area contributed by atoms with Crippen LogP contribution >= 0.6 is 0 Å². The van der Waals surface area contributed by atoms with Gasteiger partial charge in [-0.25, -0.2) is 21.6 Å². The average Bonchev–Trinajstić information content (AvgIpc) is 3.05. The minimum absolute atomic E-state index is 0.0150. The van der Waals surface area contributed by atoms with Crippen molar-refractivity contribution in [2.24, 2.45) is 11.7 Å². The minimum atomic E-state index is -3.38. The van der Waals surface area contributed by atoms with E-state index in [2.05, 4.69) is 0 Å². The Morgan fingerprint density at radius 2 is 1.74 bits per heavy atom. The average molecular weight is 503 g/mol.